The highest BCUT2D eigenvalue weighted by molar-refractivity contribution is 6.13. The zero-order chi connectivity index (χ0) is 42.8. The van der Waals surface area contributed by atoms with Gasteiger partial charge in [-0.15, -0.1) is 0 Å². The molecule has 0 atom stereocenters. The summed E-state index contributed by atoms with van der Waals surface area (Å²) >= 11 is 0. The number of fused-ring (bicyclic) bond motifs is 7. The van der Waals surface area contributed by atoms with Crippen molar-refractivity contribution >= 4 is 66.7 Å². The molecular formula is C61H45N3. The zero-order valence-corrected chi connectivity index (χ0v) is 35.8. The Morgan fingerprint density at radius 2 is 0.844 bits per heavy atom. The molecule has 0 saturated heterocycles. The highest BCUT2D eigenvalue weighted by atomic mass is 15.1. The van der Waals surface area contributed by atoms with Gasteiger partial charge in [0.15, 0.2) is 0 Å². The highest BCUT2D eigenvalue weighted by Crippen LogP contribution is 2.52. The molecule has 0 fully saturated rings. The molecule has 0 amide bonds. The van der Waals surface area contributed by atoms with Crippen LogP contribution in [0.2, 0.25) is 0 Å². The van der Waals surface area contributed by atoms with Crippen LogP contribution in [0.4, 0.5) is 34.1 Å². The number of hydrogen-bond acceptors (Lipinski definition) is 2. The van der Waals surface area contributed by atoms with E-state index in [-0.39, 0.29) is 5.41 Å². The molecule has 0 bridgehead atoms. The van der Waals surface area contributed by atoms with E-state index < -0.39 is 0 Å². The lowest BCUT2D eigenvalue weighted by molar-refractivity contribution is 0.660. The predicted molar refractivity (Wildman–Crippen MR) is 271 cm³/mol. The van der Waals surface area contributed by atoms with Crippen LogP contribution in [0.15, 0.2) is 231 Å². The third-order valence-electron chi connectivity index (χ3n) is 13.4. The van der Waals surface area contributed by atoms with Crippen molar-refractivity contribution in [3.8, 4) is 33.4 Å². The number of H-pyrrole nitrogens is 1. The van der Waals surface area contributed by atoms with E-state index in [1.54, 1.807) is 0 Å². The molecule has 10 aromatic carbocycles. The van der Waals surface area contributed by atoms with Crippen molar-refractivity contribution < 1.29 is 0 Å². The molecule has 12 rings (SSSR count). The maximum atomic E-state index is 3.87. The first kappa shape index (κ1) is 37.6. The van der Waals surface area contributed by atoms with Gasteiger partial charge in [-0.3, -0.25) is 0 Å². The van der Waals surface area contributed by atoms with Crippen molar-refractivity contribution in [1.29, 1.82) is 0 Å². The summed E-state index contributed by atoms with van der Waals surface area (Å²) in [6.45, 7) is 4.75. The molecule has 0 saturated carbocycles. The fourth-order valence-electron chi connectivity index (χ4n) is 10.1. The number of para-hydroxylation sites is 3. The van der Waals surface area contributed by atoms with Crippen LogP contribution in [-0.2, 0) is 5.41 Å². The van der Waals surface area contributed by atoms with Crippen LogP contribution in [0, 0.1) is 0 Å². The quantitative estimate of drug-likeness (QED) is 0.165. The number of anilines is 6. The number of benzene rings is 10. The molecule has 0 unspecified atom stereocenters. The van der Waals surface area contributed by atoms with Crippen molar-refractivity contribution in [3.63, 3.8) is 0 Å². The lowest BCUT2D eigenvalue weighted by Crippen LogP contribution is -2.16. The summed E-state index contributed by atoms with van der Waals surface area (Å²) in [6, 6.07) is 83.9. The third-order valence-corrected chi connectivity index (χ3v) is 13.4. The van der Waals surface area contributed by atoms with E-state index in [2.05, 4.69) is 259 Å². The summed E-state index contributed by atoms with van der Waals surface area (Å²) < 4.78 is 0. The van der Waals surface area contributed by atoms with Crippen LogP contribution < -0.4 is 9.80 Å². The summed E-state index contributed by atoms with van der Waals surface area (Å²) in [5, 5.41) is 4.85. The van der Waals surface area contributed by atoms with Gasteiger partial charge in [-0.1, -0.05) is 159 Å². The van der Waals surface area contributed by atoms with E-state index in [0.717, 1.165) is 45.2 Å². The van der Waals surface area contributed by atoms with Gasteiger partial charge in [0.1, 0.15) is 0 Å². The van der Waals surface area contributed by atoms with E-state index in [9.17, 15) is 0 Å². The first-order valence-electron chi connectivity index (χ1n) is 22.2. The second kappa shape index (κ2) is 15.0. The fraction of sp³-hybridized carbons (Fsp3) is 0.0492. The second-order valence-electron chi connectivity index (χ2n) is 17.5. The monoisotopic (exact) mass is 819 g/mol. The second-order valence-corrected chi connectivity index (χ2v) is 17.5. The normalized spacial score (nSPS) is 12.7. The summed E-state index contributed by atoms with van der Waals surface area (Å²) in [5.41, 5.74) is 19.0. The lowest BCUT2D eigenvalue weighted by Gasteiger charge is -2.28. The van der Waals surface area contributed by atoms with Gasteiger partial charge in [-0.25, -0.2) is 0 Å². The molecule has 3 nitrogen and oxygen atoms in total. The molecule has 1 aromatic heterocycles. The van der Waals surface area contributed by atoms with E-state index >= 15 is 0 Å². The van der Waals surface area contributed by atoms with Crippen LogP contribution in [-0.4, -0.2) is 4.98 Å². The Labute approximate surface area is 374 Å². The lowest BCUT2D eigenvalue weighted by atomic mass is 9.81. The third kappa shape index (κ3) is 6.28. The fourth-order valence-corrected chi connectivity index (χ4v) is 10.1. The Hall–Kier alpha value is -8.14. The standard InChI is InChI=1S/C61H45N3/c1-61(2)57-38-45(28-34-53(57)54-35-32-51(40-58(54)61)63(46-19-8-4-9-20-46)47-21-10-5-11-22-47)52-23-14-24-55-56-39-50(33-36-59(56)62-60(52)55)64(49-31-27-42-17-12-13-18-44(42)37-49)48-29-25-43(26-30-48)41-15-6-3-7-16-41/h3-40,62H,1-2H3. The molecule has 0 aliphatic heterocycles. The molecule has 1 N–H and O–H groups in total. The summed E-state index contributed by atoms with van der Waals surface area (Å²) in [6.07, 6.45) is 0. The molecule has 3 heteroatoms. The number of hydrogen-bond donors (Lipinski definition) is 1. The van der Waals surface area contributed by atoms with Gasteiger partial charge in [0, 0.05) is 61.4 Å². The van der Waals surface area contributed by atoms with Gasteiger partial charge in [0.25, 0.3) is 0 Å². The molecule has 1 aliphatic rings. The molecule has 304 valence electrons. The Morgan fingerprint density at radius 1 is 0.328 bits per heavy atom. The molecule has 11 aromatic rings. The average Bonchev–Trinajstić information content (AvgIpc) is 3.83. The predicted octanol–water partition coefficient (Wildman–Crippen LogP) is 17.1. The average molecular weight is 820 g/mol. The molecule has 64 heavy (non-hydrogen) atoms. The van der Waals surface area contributed by atoms with Crippen molar-refractivity contribution in [2.75, 3.05) is 9.80 Å². The van der Waals surface area contributed by atoms with E-state index in [1.165, 1.54) is 66.1 Å². The summed E-state index contributed by atoms with van der Waals surface area (Å²) in [5.74, 6) is 0. The first-order chi connectivity index (χ1) is 31.5. The van der Waals surface area contributed by atoms with Gasteiger partial charge in [-0.2, -0.15) is 0 Å². The number of nitrogens with one attached hydrogen (secondary N) is 1. The van der Waals surface area contributed by atoms with Crippen molar-refractivity contribution in [2.24, 2.45) is 0 Å². The van der Waals surface area contributed by atoms with E-state index in [0.29, 0.717) is 0 Å². The Kier molecular flexibility index (Phi) is 8.84. The summed E-state index contributed by atoms with van der Waals surface area (Å²) in [7, 11) is 0. The molecule has 1 aliphatic carbocycles. The van der Waals surface area contributed by atoms with Crippen LogP contribution in [0.5, 0.6) is 0 Å². The first-order valence-corrected chi connectivity index (χ1v) is 22.2. The maximum Gasteiger partial charge on any atom is 0.0544 e. The Bertz CT molecular complexity index is 3470. The largest absolute Gasteiger partial charge is 0.354 e. The van der Waals surface area contributed by atoms with Crippen LogP contribution in [0.1, 0.15) is 25.0 Å². The molecular weight excluding hydrogens is 775 g/mol. The molecule has 1 heterocycles. The number of nitrogens with zero attached hydrogens (tertiary/aromatic N) is 2. The molecule has 0 spiro atoms. The van der Waals surface area contributed by atoms with Gasteiger partial charge in [0.05, 0.1) is 5.52 Å². The minimum atomic E-state index is -0.204. The van der Waals surface area contributed by atoms with Crippen LogP contribution in [0.25, 0.3) is 66.0 Å². The highest BCUT2D eigenvalue weighted by Gasteiger charge is 2.36. The minimum Gasteiger partial charge on any atom is -0.354 e. The Morgan fingerprint density at radius 3 is 1.58 bits per heavy atom. The van der Waals surface area contributed by atoms with Crippen molar-refractivity contribution in [2.45, 2.75) is 19.3 Å². The molecule has 0 radical (unpaired) electrons. The Balaban J connectivity index is 0.934. The van der Waals surface area contributed by atoms with Gasteiger partial charge < -0.3 is 14.8 Å². The number of rotatable bonds is 8. The topological polar surface area (TPSA) is 22.3 Å². The van der Waals surface area contributed by atoms with Gasteiger partial charge >= 0.3 is 0 Å². The van der Waals surface area contributed by atoms with E-state index in [4.69, 9.17) is 0 Å². The summed E-state index contributed by atoms with van der Waals surface area (Å²) in [4.78, 5) is 8.61. The minimum absolute atomic E-state index is 0.204. The van der Waals surface area contributed by atoms with Crippen LogP contribution >= 0.6 is 0 Å². The smallest absolute Gasteiger partial charge is 0.0544 e. The van der Waals surface area contributed by atoms with E-state index in [1.807, 2.05) is 0 Å². The number of aromatic amines is 1. The van der Waals surface area contributed by atoms with Gasteiger partial charge in [0.2, 0.25) is 0 Å². The van der Waals surface area contributed by atoms with Crippen LogP contribution in [0.3, 0.4) is 0 Å². The van der Waals surface area contributed by atoms with Gasteiger partial charge in [-0.05, 0) is 135 Å². The zero-order valence-electron chi connectivity index (χ0n) is 35.8. The SMILES string of the molecule is CC1(C)c2cc(-c3cccc4c3[nH]c3ccc(N(c5ccc(-c6ccccc6)cc5)c5ccc6ccccc6c5)cc34)ccc2-c2ccc(N(c3ccccc3)c3ccccc3)cc21. The van der Waals surface area contributed by atoms with Crippen molar-refractivity contribution in [1.82, 2.24) is 4.98 Å². The maximum absolute atomic E-state index is 3.87. The van der Waals surface area contributed by atoms with Crippen molar-refractivity contribution in [3.05, 3.63) is 242 Å². The number of aromatic nitrogens is 1.